The van der Waals surface area contributed by atoms with Gasteiger partial charge in [-0.15, -0.1) is 29.3 Å². The summed E-state index contributed by atoms with van der Waals surface area (Å²) < 4.78 is 26.2. The van der Waals surface area contributed by atoms with E-state index in [4.69, 9.17) is 0 Å². The van der Waals surface area contributed by atoms with Gasteiger partial charge >= 0.3 is 0 Å². The zero-order chi connectivity index (χ0) is 22.3. The van der Waals surface area contributed by atoms with Crippen molar-refractivity contribution in [2.75, 3.05) is 17.2 Å². The molecule has 3 rings (SSSR count). The third-order valence-electron chi connectivity index (χ3n) is 3.90. The highest BCUT2D eigenvalue weighted by Gasteiger charge is 2.13. The van der Waals surface area contributed by atoms with E-state index in [1.54, 1.807) is 41.8 Å². The van der Waals surface area contributed by atoms with Crippen LogP contribution in [0.15, 0.2) is 59.8 Å². The standard InChI is InChI=1S/C20H20N4O4S3/c1-2-9-21-31(27,28)13-14-5-7-15(8-6-14)22-18(25)11-16-12-30-20(23-16)24-19(26)17-4-3-10-29-17/h2-8,10,12,21H,1,9,11,13H2,(H,22,25)(H,23,24,26). The summed E-state index contributed by atoms with van der Waals surface area (Å²) in [7, 11) is -3.44. The second-order valence-electron chi connectivity index (χ2n) is 6.39. The van der Waals surface area contributed by atoms with Crippen LogP contribution in [0.5, 0.6) is 0 Å². The molecule has 8 nitrogen and oxygen atoms in total. The molecule has 0 aliphatic carbocycles. The molecule has 1 aromatic carbocycles. The number of carbonyl (C=O) groups excluding carboxylic acids is 2. The van der Waals surface area contributed by atoms with Crippen LogP contribution < -0.4 is 15.4 Å². The summed E-state index contributed by atoms with van der Waals surface area (Å²) >= 11 is 2.58. The van der Waals surface area contributed by atoms with E-state index in [2.05, 4.69) is 26.9 Å². The zero-order valence-electron chi connectivity index (χ0n) is 16.3. The first-order chi connectivity index (χ1) is 14.8. The number of thiophene rings is 1. The molecule has 0 bridgehead atoms. The minimum absolute atomic E-state index is 0.0486. The van der Waals surface area contributed by atoms with Crippen molar-refractivity contribution < 1.29 is 18.0 Å². The largest absolute Gasteiger partial charge is 0.326 e. The van der Waals surface area contributed by atoms with Crippen LogP contribution in [0.2, 0.25) is 0 Å². The molecule has 0 fully saturated rings. The van der Waals surface area contributed by atoms with Gasteiger partial charge < -0.3 is 5.32 Å². The molecule has 2 amide bonds. The number of nitrogens with zero attached hydrogens (tertiary/aromatic N) is 1. The van der Waals surface area contributed by atoms with Crippen molar-refractivity contribution in [3.05, 3.63) is 75.9 Å². The molecule has 0 unspecified atom stereocenters. The van der Waals surface area contributed by atoms with Gasteiger partial charge in [0.1, 0.15) is 0 Å². The van der Waals surface area contributed by atoms with Crippen LogP contribution in [-0.2, 0) is 27.0 Å². The lowest BCUT2D eigenvalue weighted by molar-refractivity contribution is -0.115. The number of carbonyl (C=O) groups is 2. The number of anilines is 2. The smallest absolute Gasteiger partial charge is 0.267 e. The Morgan fingerprint density at radius 3 is 2.55 bits per heavy atom. The zero-order valence-corrected chi connectivity index (χ0v) is 18.8. The van der Waals surface area contributed by atoms with Crippen molar-refractivity contribution in [3.8, 4) is 0 Å². The molecule has 0 radical (unpaired) electrons. The van der Waals surface area contributed by atoms with Gasteiger partial charge in [0.2, 0.25) is 15.9 Å². The van der Waals surface area contributed by atoms with Crippen LogP contribution in [-0.4, -0.2) is 31.8 Å². The van der Waals surface area contributed by atoms with Gasteiger partial charge in [-0.1, -0.05) is 24.3 Å². The lowest BCUT2D eigenvalue weighted by Gasteiger charge is -2.07. The molecule has 0 spiro atoms. The number of thiazole rings is 1. The van der Waals surface area contributed by atoms with Crippen molar-refractivity contribution in [3.63, 3.8) is 0 Å². The van der Waals surface area contributed by atoms with Gasteiger partial charge in [0.15, 0.2) is 5.13 Å². The Bertz CT molecular complexity index is 1150. The van der Waals surface area contributed by atoms with E-state index >= 15 is 0 Å². The lowest BCUT2D eigenvalue weighted by atomic mass is 10.2. The number of sulfonamides is 1. The lowest BCUT2D eigenvalue weighted by Crippen LogP contribution is -2.25. The average Bonchev–Trinajstić information content (AvgIpc) is 3.40. The summed E-state index contributed by atoms with van der Waals surface area (Å²) in [6.45, 7) is 3.65. The Morgan fingerprint density at radius 1 is 1.10 bits per heavy atom. The Kier molecular flexibility index (Phi) is 7.69. The highest BCUT2D eigenvalue weighted by Crippen LogP contribution is 2.19. The second-order valence-corrected chi connectivity index (χ2v) is 10.0. The molecule has 0 aliphatic rings. The third kappa shape index (κ3) is 7.10. The molecule has 0 saturated heterocycles. The summed E-state index contributed by atoms with van der Waals surface area (Å²) in [6, 6.07) is 10.1. The van der Waals surface area contributed by atoms with Gasteiger partial charge in [-0.25, -0.2) is 18.1 Å². The van der Waals surface area contributed by atoms with Crippen LogP contribution in [0.4, 0.5) is 10.8 Å². The molecule has 0 saturated carbocycles. The maximum absolute atomic E-state index is 12.3. The van der Waals surface area contributed by atoms with Crippen LogP contribution in [0.25, 0.3) is 0 Å². The molecule has 3 aromatic rings. The van der Waals surface area contributed by atoms with Crippen molar-refractivity contribution >= 4 is 55.3 Å². The number of amides is 2. The van der Waals surface area contributed by atoms with Gasteiger partial charge in [0, 0.05) is 17.6 Å². The molecule has 2 aromatic heterocycles. The van der Waals surface area contributed by atoms with E-state index in [1.807, 2.05) is 5.38 Å². The predicted octanol–water partition coefficient (Wildman–Crippen LogP) is 3.24. The first-order valence-electron chi connectivity index (χ1n) is 9.11. The summed E-state index contributed by atoms with van der Waals surface area (Å²) in [5, 5.41) is 9.42. The molecule has 11 heteroatoms. The van der Waals surface area contributed by atoms with Crippen molar-refractivity contribution in [1.82, 2.24) is 9.71 Å². The number of hydrogen-bond acceptors (Lipinski definition) is 7. The fourth-order valence-corrected chi connectivity index (χ4v) is 4.95. The molecule has 0 aliphatic heterocycles. The normalized spacial score (nSPS) is 11.1. The second kappa shape index (κ2) is 10.4. The number of hydrogen-bond donors (Lipinski definition) is 3. The van der Waals surface area contributed by atoms with Gasteiger partial charge in [-0.3, -0.25) is 14.9 Å². The van der Waals surface area contributed by atoms with Gasteiger partial charge in [-0.05, 0) is 29.1 Å². The van der Waals surface area contributed by atoms with E-state index < -0.39 is 10.0 Å². The monoisotopic (exact) mass is 476 g/mol. The highest BCUT2D eigenvalue weighted by molar-refractivity contribution is 7.88. The maximum atomic E-state index is 12.3. The highest BCUT2D eigenvalue weighted by atomic mass is 32.2. The van der Waals surface area contributed by atoms with Crippen LogP contribution in [0, 0.1) is 0 Å². The predicted molar refractivity (Wildman–Crippen MR) is 124 cm³/mol. The Hall–Kier alpha value is -2.86. The average molecular weight is 477 g/mol. The molecular weight excluding hydrogens is 456 g/mol. The number of benzene rings is 1. The molecule has 2 heterocycles. The Balaban J connectivity index is 1.51. The molecular formula is C20H20N4O4S3. The molecule has 31 heavy (non-hydrogen) atoms. The minimum atomic E-state index is -3.44. The molecule has 0 atom stereocenters. The molecule has 162 valence electrons. The van der Waals surface area contributed by atoms with E-state index in [-0.39, 0.29) is 30.5 Å². The van der Waals surface area contributed by atoms with Gasteiger partial charge in [0.25, 0.3) is 5.91 Å². The fourth-order valence-electron chi connectivity index (χ4n) is 2.52. The summed E-state index contributed by atoms with van der Waals surface area (Å²) in [5.41, 5.74) is 1.69. The summed E-state index contributed by atoms with van der Waals surface area (Å²) in [4.78, 5) is 29.2. The van der Waals surface area contributed by atoms with E-state index in [1.165, 1.54) is 28.7 Å². The number of rotatable bonds is 10. The molecule has 3 N–H and O–H groups in total. The maximum Gasteiger partial charge on any atom is 0.267 e. The summed E-state index contributed by atoms with van der Waals surface area (Å²) in [5.74, 6) is -0.662. The first-order valence-corrected chi connectivity index (χ1v) is 12.5. The minimum Gasteiger partial charge on any atom is -0.326 e. The quantitative estimate of drug-likeness (QED) is 0.388. The van der Waals surface area contributed by atoms with Crippen LogP contribution >= 0.6 is 22.7 Å². The van der Waals surface area contributed by atoms with E-state index in [9.17, 15) is 18.0 Å². The van der Waals surface area contributed by atoms with Gasteiger partial charge in [0.05, 0.1) is 22.7 Å². The van der Waals surface area contributed by atoms with Crippen LogP contribution in [0.1, 0.15) is 20.9 Å². The van der Waals surface area contributed by atoms with E-state index in [0.29, 0.717) is 27.0 Å². The Morgan fingerprint density at radius 2 is 1.87 bits per heavy atom. The SMILES string of the molecule is C=CCNS(=O)(=O)Cc1ccc(NC(=O)Cc2csc(NC(=O)c3cccs3)n2)cc1. The number of nitrogens with one attached hydrogen (secondary N) is 3. The third-order valence-corrected chi connectivity index (χ3v) is 6.90. The van der Waals surface area contributed by atoms with Crippen molar-refractivity contribution in [1.29, 1.82) is 0 Å². The Labute approximate surface area is 188 Å². The number of aromatic nitrogens is 1. The first kappa shape index (κ1) is 22.8. The fraction of sp³-hybridized carbons (Fsp3) is 0.150. The van der Waals surface area contributed by atoms with Crippen LogP contribution in [0.3, 0.4) is 0 Å². The van der Waals surface area contributed by atoms with Gasteiger partial charge in [-0.2, -0.15) is 0 Å². The van der Waals surface area contributed by atoms with Crippen molar-refractivity contribution in [2.45, 2.75) is 12.2 Å². The van der Waals surface area contributed by atoms with E-state index in [0.717, 1.165) is 0 Å². The van der Waals surface area contributed by atoms with Crippen molar-refractivity contribution in [2.24, 2.45) is 0 Å². The topological polar surface area (TPSA) is 117 Å². The summed E-state index contributed by atoms with van der Waals surface area (Å²) in [6.07, 6.45) is 1.52.